The lowest BCUT2D eigenvalue weighted by molar-refractivity contribution is 0.309. The van der Waals surface area contributed by atoms with Crippen LogP contribution in [0, 0.1) is 6.92 Å². The van der Waals surface area contributed by atoms with Gasteiger partial charge in [0.25, 0.3) is 0 Å². The Morgan fingerprint density at radius 1 is 1.18 bits per heavy atom. The number of benzene rings is 1. The average molecular weight is 248 g/mol. The molecule has 0 saturated heterocycles. The largest absolute Gasteiger partial charge is 0.477 e. The lowest BCUT2D eigenvalue weighted by Crippen LogP contribution is -2.02. The van der Waals surface area contributed by atoms with E-state index in [0.717, 1.165) is 6.42 Å². The monoisotopic (exact) mass is 247 g/mol. The number of aryl methyl sites for hydroxylation is 1. The van der Waals surface area contributed by atoms with Crippen molar-refractivity contribution in [1.82, 2.24) is 4.98 Å². The minimum Gasteiger partial charge on any atom is -0.477 e. The summed E-state index contributed by atoms with van der Waals surface area (Å²) in [5.41, 5.74) is 2.54. The predicted octanol–water partition coefficient (Wildman–Crippen LogP) is 3.66. The van der Waals surface area contributed by atoms with Crippen LogP contribution < -0.4 is 4.74 Å². The lowest BCUT2D eigenvalue weighted by Gasteiger charge is -2.05. The van der Waals surface area contributed by atoms with Crippen molar-refractivity contribution in [3.8, 4) is 5.88 Å². The van der Waals surface area contributed by atoms with Crippen molar-refractivity contribution in [2.45, 2.75) is 13.3 Å². The van der Waals surface area contributed by atoms with Crippen LogP contribution in [0.15, 0.2) is 42.5 Å². The molecule has 0 atom stereocenters. The first-order valence-electron chi connectivity index (χ1n) is 5.55. The predicted molar refractivity (Wildman–Crippen MR) is 69.6 cm³/mol. The molecule has 0 N–H and O–H groups in total. The van der Waals surface area contributed by atoms with Gasteiger partial charge in [-0.05, 0) is 18.6 Å². The maximum absolute atomic E-state index is 5.77. The molecular formula is C14H14ClNO. The van der Waals surface area contributed by atoms with E-state index in [9.17, 15) is 0 Å². The van der Waals surface area contributed by atoms with Crippen molar-refractivity contribution in [3.63, 3.8) is 0 Å². The smallest absolute Gasteiger partial charge is 0.214 e. The van der Waals surface area contributed by atoms with E-state index in [2.05, 4.69) is 36.2 Å². The SMILES string of the molecule is Cc1cccc(CCOc2cccc(Cl)n2)c1. The second-order valence-corrected chi connectivity index (χ2v) is 4.27. The number of hydrogen-bond donors (Lipinski definition) is 0. The number of hydrogen-bond acceptors (Lipinski definition) is 2. The minimum atomic E-state index is 0.457. The highest BCUT2D eigenvalue weighted by atomic mass is 35.5. The standard InChI is InChI=1S/C14H14ClNO/c1-11-4-2-5-12(10-11)8-9-17-14-7-3-6-13(15)16-14/h2-7,10H,8-9H2,1H3. The Balaban J connectivity index is 1.87. The van der Waals surface area contributed by atoms with Gasteiger partial charge in [-0.2, -0.15) is 0 Å². The first-order chi connectivity index (χ1) is 8.24. The van der Waals surface area contributed by atoms with Gasteiger partial charge >= 0.3 is 0 Å². The molecule has 2 rings (SSSR count). The Kier molecular flexibility index (Phi) is 3.99. The summed E-state index contributed by atoms with van der Waals surface area (Å²) >= 11 is 5.77. The molecule has 3 heteroatoms. The number of aromatic nitrogens is 1. The molecule has 0 radical (unpaired) electrons. The molecular weight excluding hydrogens is 234 g/mol. The Hall–Kier alpha value is -1.54. The summed E-state index contributed by atoms with van der Waals surface area (Å²) in [5.74, 6) is 0.574. The second-order valence-electron chi connectivity index (χ2n) is 3.89. The van der Waals surface area contributed by atoms with E-state index in [-0.39, 0.29) is 0 Å². The van der Waals surface area contributed by atoms with Crippen LogP contribution in [0.5, 0.6) is 5.88 Å². The molecule has 0 amide bonds. The highest BCUT2D eigenvalue weighted by Gasteiger charge is 1.98. The topological polar surface area (TPSA) is 22.1 Å². The van der Waals surface area contributed by atoms with E-state index in [0.29, 0.717) is 17.6 Å². The van der Waals surface area contributed by atoms with Crippen LogP contribution in [0.3, 0.4) is 0 Å². The average Bonchev–Trinajstić information content (AvgIpc) is 2.29. The third-order valence-corrected chi connectivity index (χ3v) is 2.62. The number of rotatable bonds is 4. The fraction of sp³-hybridized carbons (Fsp3) is 0.214. The maximum Gasteiger partial charge on any atom is 0.214 e. The van der Waals surface area contributed by atoms with Gasteiger partial charge in [-0.1, -0.05) is 47.5 Å². The van der Waals surface area contributed by atoms with Crippen molar-refractivity contribution in [3.05, 3.63) is 58.7 Å². The zero-order valence-electron chi connectivity index (χ0n) is 9.69. The van der Waals surface area contributed by atoms with E-state index in [4.69, 9.17) is 16.3 Å². The molecule has 1 aromatic carbocycles. The third-order valence-electron chi connectivity index (χ3n) is 2.41. The fourth-order valence-electron chi connectivity index (χ4n) is 1.61. The summed E-state index contributed by atoms with van der Waals surface area (Å²) in [5, 5.41) is 0.457. The van der Waals surface area contributed by atoms with Gasteiger partial charge in [0.05, 0.1) is 6.61 Å². The Morgan fingerprint density at radius 2 is 2.00 bits per heavy atom. The van der Waals surface area contributed by atoms with Crippen LogP contribution >= 0.6 is 11.6 Å². The molecule has 0 spiro atoms. The summed E-state index contributed by atoms with van der Waals surface area (Å²) in [7, 11) is 0. The molecule has 0 aliphatic rings. The quantitative estimate of drug-likeness (QED) is 0.770. The van der Waals surface area contributed by atoms with Gasteiger partial charge in [-0.3, -0.25) is 0 Å². The molecule has 1 heterocycles. The molecule has 0 aliphatic carbocycles. The summed E-state index contributed by atoms with van der Waals surface area (Å²) < 4.78 is 5.54. The number of ether oxygens (including phenoxy) is 1. The van der Waals surface area contributed by atoms with Crippen LogP contribution in [0.4, 0.5) is 0 Å². The Bertz CT molecular complexity index is 454. The summed E-state index contributed by atoms with van der Waals surface area (Å²) in [6.07, 6.45) is 0.871. The van der Waals surface area contributed by atoms with Crippen LogP contribution in [0.2, 0.25) is 5.15 Å². The molecule has 0 saturated carbocycles. The number of halogens is 1. The molecule has 0 aliphatic heterocycles. The summed E-state index contributed by atoms with van der Waals surface area (Å²) in [6.45, 7) is 2.69. The summed E-state index contributed by atoms with van der Waals surface area (Å²) in [6, 6.07) is 13.8. The van der Waals surface area contributed by atoms with Crippen LogP contribution in [0.25, 0.3) is 0 Å². The van der Waals surface area contributed by atoms with Crippen molar-refractivity contribution in [1.29, 1.82) is 0 Å². The van der Waals surface area contributed by atoms with Crippen molar-refractivity contribution in [2.24, 2.45) is 0 Å². The molecule has 17 heavy (non-hydrogen) atoms. The number of nitrogens with zero attached hydrogens (tertiary/aromatic N) is 1. The highest BCUT2D eigenvalue weighted by molar-refractivity contribution is 6.29. The highest BCUT2D eigenvalue weighted by Crippen LogP contribution is 2.12. The van der Waals surface area contributed by atoms with E-state index in [1.165, 1.54) is 11.1 Å². The molecule has 88 valence electrons. The fourth-order valence-corrected chi connectivity index (χ4v) is 1.77. The van der Waals surface area contributed by atoms with Gasteiger partial charge < -0.3 is 4.74 Å². The Morgan fingerprint density at radius 3 is 2.76 bits per heavy atom. The lowest BCUT2D eigenvalue weighted by atomic mass is 10.1. The zero-order valence-corrected chi connectivity index (χ0v) is 10.4. The van der Waals surface area contributed by atoms with E-state index in [1.807, 2.05) is 12.1 Å². The van der Waals surface area contributed by atoms with Gasteiger partial charge in [-0.25, -0.2) is 4.98 Å². The molecule has 0 bridgehead atoms. The van der Waals surface area contributed by atoms with Crippen LogP contribution in [-0.4, -0.2) is 11.6 Å². The zero-order chi connectivity index (χ0) is 12.1. The van der Waals surface area contributed by atoms with Crippen LogP contribution in [0.1, 0.15) is 11.1 Å². The minimum absolute atomic E-state index is 0.457. The van der Waals surface area contributed by atoms with Gasteiger partial charge in [-0.15, -0.1) is 0 Å². The van der Waals surface area contributed by atoms with E-state index < -0.39 is 0 Å². The molecule has 0 fully saturated rings. The van der Waals surface area contributed by atoms with Crippen molar-refractivity contribution < 1.29 is 4.74 Å². The first kappa shape index (κ1) is 11.9. The van der Waals surface area contributed by atoms with Crippen LogP contribution in [-0.2, 0) is 6.42 Å². The van der Waals surface area contributed by atoms with Gasteiger partial charge in [0.1, 0.15) is 5.15 Å². The normalized spacial score (nSPS) is 10.2. The van der Waals surface area contributed by atoms with Gasteiger partial charge in [0.2, 0.25) is 5.88 Å². The van der Waals surface area contributed by atoms with E-state index in [1.54, 1.807) is 6.07 Å². The second kappa shape index (κ2) is 5.69. The molecule has 2 nitrogen and oxygen atoms in total. The van der Waals surface area contributed by atoms with Crippen molar-refractivity contribution >= 4 is 11.6 Å². The molecule has 1 aromatic heterocycles. The summed E-state index contributed by atoms with van der Waals surface area (Å²) in [4.78, 5) is 4.07. The third kappa shape index (κ3) is 3.75. The van der Waals surface area contributed by atoms with Crippen molar-refractivity contribution in [2.75, 3.05) is 6.61 Å². The number of pyridine rings is 1. The maximum atomic E-state index is 5.77. The van der Waals surface area contributed by atoms with E-state index >= 15 is 0 Å². The van der Waals surface area contributed by atoms with Gasteiger partial charge in [0.15, 0.2) is 0 Å². The first-order valence-corrected chi connectivity index (χ1v) is 5.93. The molecule has 0 unspecified atom stereocenters. The molecule has 2 aromatic rings. The Labute approximate surface area is 106 Å². The van der Waals surface area contributed by atoms with Gasteiger partial charge in [0, 0.05) is 12.5 Å².